The quantitative estimate of drug-likeness (QED) is 0.0381. The average Bonchev–Trinajstić information content (AvgIpc) is 2.95. The Hall–Kier alpha value is -1.81. The Morgan fingerprint density at radius 3 is 1.81 bits per heavy atom. The molecule has 0 radical (unpaired) electrons. The number of ether oxygens (including phenoxy) is 1. The highest BCUT2D eigenvalue weighted by Gasteiger charge is 2.32. The molecule has 5 N–H and O–H groups in total. The number of ketones is 1. The zero-order valence-corrected chi connectivity index (χ0v) is 26.8. The molecular weight excluding hydrogens is 540 g/mol. The molecule has 246 valence electrons. The fourth-order valence-electron chi connectivity index (χ4n) is 5.23. The van der Waals surface area contributed by atoms with Crippen molar-refractivity contribution in [2.45, 2.75) is 155 Å². The number of hydrogen-bond donors (Lipinski definition) is 5. The van der Waals surface area contributed by atoms with Gasteiger partial charge in [-0.1, -0.05) is 104 Å². The molecule has 7 unspecified atom stereocenters. The van der Waals surface area contributed by atoms with E-state index in [4.69, 9.17) is 9.84 Å². The molecule has 7 atom stereocenters. The highest BCUT2D eigenvalue weighted by atomic mass is 16.5. The van der Waals surface area contributed by atoms with Crippen LogP contribution in [0.15, 0.2) is 11.6 Å². The van der Waals surface area contributed by atoms with Crippen LogP contribution in [0, 0.1) is 17.8 Å². The summed E-state index contributed by atoms with van der Waals surface area (Å²) in [6.07, 6.45) is 12.9. The van der Waals surface area contributed by atoms with Crippen LogP contribution < -0.4 is 0 Å². The number of Topliss-reactive ketones (excluding diaryl/α,β-unsaturated/α-hetero) is 1. The first-order chi connectivity index (χ1) is 19.8. The van der Waals surface area contributed by atoms with Gasteiger partial charge in [-0.3, -0.25) is 9.59 Å². The van der Waals surface area contributed by atoms with Crippen LogP contribution in [0.5, 0.6) is 0 Å². The Labute approximate surface area is 253 Å². The smallest absolute Gasteiger partial charge is 0.335 e. The Kier molecular flexibility index (Phi) is 22.6. The maximum absolute atomic E-state index is 12.7. The second kappa shape index (κ2) is 23.6. The molecule has 0 aliphatic rings. The van der Waals surface area contributed by atoms with Crippen molar-refractivity contribution < 1.29 is 44.7 Å². The predicted octanol–water partition coefficient (Wildman–Crippen LogP) is 5.35. The third-order valence-corrected chi connectivity index (χ3v) is 7.94. The van der Waals surface area contributed by atoms with E-state index in [0.29, 0.717) is 11.5 Å². The van der Waals surface area contributed by atoms with Gasteiger partial charge in [0.1, 0.15) is 24.7 Å². The average molecular weight is 601 g/mol. The lowest BCUT2D eigenvalue weighted by Crippen LogP contribution is -2.44. The van der Waals surface area contributed by atoms with Gasteiger partial charge in [0.25, 0.3) is 0 Å². The van der Waals surface area contributed by atoms with Crippen LogP contribution >= 0.6 is 0 Å². The fraction of sp³-hybridized carbons (Fsp3) is 0.848. The first kappa shape index (κ1) is 40.2. The van der Waals surface area contributed by atoms with Gasteiger partial charge in [-0.15, -0.1) is 0 Å². The van der Waals surface area contributed by atoms with Gasteiger partial charge in [0.05, 0.1) is 6.10 Å². The third kappa shape index (κ3) is 18.7. The Morgan fingerprint density at radius 1 is 0.762 bits per heavy atom. The number of aliphatic carboxylic acids is 1. The third-order valence-electron chi connectivity index (χ3n) is 7.94. The minimum atomic E-state index is -2.23. The van der Waals surface area contributed by atoms with Gasteiger partial charge < -0.3 is 30.3 Å². The van der Waals surface area contributed by atoms with E-state index in [1.165, 1.54) is 58.3 Å². The zero-order valence-electron chi connectivity index (χ0n) is 26.8. The molecule has 0 fully saturated rings. The molecule has 9 nitrogen and oxygen atoms in total. The van der Waals surface area contributed by atoms with Crippen molar-refractivity contribution >= 4 is 17.7 Å². The number of hydrogen-bond acceptors (Lipinski definition) is 8. The van der Waals surface area contributed by atoms with Crippen molar-refractivity contribution in [1.29, 1.82) is 0 Å². The zero-order chi connectivity index (χ0) is 32.1. The number of aliphatic hydroxyl groups excluding tert-OH is 4. The highest BCUT2D eigenvalue weighted by molar-refractivity contribution is 6.07. The van der Waals surface area contributed by atoms with E-state index in [2.05, 4.69) is 13.8 Å². The monoisotopic (exact) mass is 600 g/mol. The number of carboxylic acid groups (broad SMARTS) is 1. The van der Waals surface area contributed by atoms with Crippen molar-refractivity contribution in [3.8, 4) is 0 Å². The van der Waals surface area contributed by atoms with Crippen LogP contribution in [-0.4, -0.2) is 74.3 Å². The van der Waals surface area contributed by atoms with Crippen molar-refractivity contribution in [3.63, 3.8) is 0 Å². The summed E-state index contributed by atoms with van der Waals surface area (Å²) in [5, 5.41) is 47.6. The van der Waals surface area contributed by atoms with Gasteiger partial charge in [0.15, 0.2) is 11.9 Å². The van der Waals surface area contributed by atoms with Crippen LogP contribution in [0.1, 0.15) is 131 Å². The van der Waals surface area contributed by atoms with E-state index in [0.717, 1.165) is 44.9 Å². The maximum Gasteiger partial charge on any atom is 0.335 e. The van der Waals surface area contributed by atoms with E-state index in [1.54, 1.807) is 6.92 Å². The van der Waals surface area contributed by atoms with Crippen molar-refractivity contribution in [2.24, 2.45) is 17.8 Å². The van der Waals surface area contributed by atoms with Crippen LogP contribution in [0.3, 0.4) is 0 Å². The van der Waals surface area contributed by atoms with Crippen molar-refractivity contribution in [2.75, 3.05) is 6.61 Å². The summed E-state index contributed by atoms with van der Waals surface area (Å²) in [5.74, 6) is -3.62. The van der Waals surface area contributed by atoms with Gasteiger partial charge in [0, 0.05) is 0 Å². The van der Waals surface area contributed by atoms with E-state index >= 15 is 0 Å². The summed E-state index contributed by atoms with van der Waals surface area (Å²) in [6.45, 7) is 8.72. The SMILES string of the molecule is CCCCCCCCCCCC(O)CCCCC(C)CC(C)C=C(C)C(=O)C(C)C(=O)OCC(O)C(O)C(O)C(=O)O. The van der Waals surface area contributed by atoms with Gasteiger partial charge in [-0.25, -0.2) is 4.79 Å². The van der Waals surface area contributed by atoms with Crippen LogP contribution in [0.2, 0.25) is 0 Å². The number of esters is 1. The minimum Gasteiger partial charge on any atom is -0.479 e. The Morgan fingerprint density at radius 2 is 1.26 bits per heavy atom. The lowest BCUT2D eigenvalue weighted by atomic mass is 9.89. The van der Waals surface area contributed by atoms with Crippen LogP contribution in [0.4, 0.5) is 0 Å². The first-order valence-corrected chi connectivity index (χ1v) is 16.2. The molecule has 42 heavy (non-hydrogen) atoms. The predicted molar refractivity (Wildman–Crippen MR) is 164 cm³/mol. The van der Waals surface area contributed by atoms with E-state index in [-0.39, 0.29) is 12.0 Å². The molecule has 0 bridgehead atoms. The topological polar surface area (TPSA) is 162 Å². The molecule has 0 aliphatic heterocycles. The molecule has 0 aromatic heterocycles. The van der Waals surface area contributed by atoms with Gasteiger partial charge >= 0.3 is 11.9 Å². The molecular formula is C33H60O9. The summed E-state index contributed by atoms with van der Waals surface area (Å²) in [5.41, 5.74) is 0.431. The van der Waals surface area contributed by atoms with Gasteiger partial charge in [0.2, 0.25) is 0 Å². The molecule has 0 aliphatic carbocycles. The van der Waals surface area contributed by atoms with E-state index in [9.17, 15) is 34.8 Å². The van der Waals surface area contributed by atoms with Gasteiger partial charge in [-0.2, -0.15) is 0 Å². The lowest BCUT2D eigenvalue weighted by molar-refractivity contribution is -0.164. The molecule has 0 rings (SSSR count). The Balaban J connectivity index is 4.23. The molecule has 0 spiro atoms. The second-order valence-electron chi connectivity index (χ2n) is 12.3. The highest BCUT2D eigenvalue weighted by Crippen LogP contribution is 2.22. The first-order valence-electron chi connectivity index (χ1n) is 16.2. The fourth-order valence-corrected chi connectivity index (χ4v) is 5.23. The number of carbonyl (C=O) groups excluding carboxylic acids is 2. The van der Waals surface area contributed by atoms with Crippen LogP contribution in [0.25, 0.3) is 0 Å². The maximum atomic E-state index is 12.7. The summed E-state index contributed by atoms with van der Waals surface area (Å²) in [7, 11) is 0. The molecule has 0 saturated heterocycles. The summed E-state index contributed by atoms with van der Waals surface area (Å²) < 4.78 is 4.86. The van der Waals surface area contributed by atoms with Crippen molar-refractivity contribution in [1.82, 2.24) is 0 Å². The summed E-state index contributed by atoms with van der Waals surface area (Å²) >= 11 is 0. The largest absolute Gasteiger partial charge is 0.479 e. The van der Waals surface area contributed by atoms with E-state index < -0.39 is 48.6 Å². The second-order valence-corrected chi connectivity index (χ2v) is 12.3. The summed E-state index contributed by atoms with van der Waals surface area (Å²) in [4.78, 5) is 35.7. The number of aliphatic hydroxyl groups is 4. The van der Waals surface area contributed by atoms with Gasteiger partial charge in [-0.05, 0) is 50.5 Å². The summed E-state index contributed by atoms with van der Waals surface area (Å²) in [6, 6.07) is 0. The van der Waals surface area contributed by atoms with Crippen molar-refractivity contribution in [3.05, 3.63) is 11.6 Å². The molecule has 0 amide bonds. The molecule has 0 heterocycles. The standard InChI is InChI=1S/C33H60O9/c1-6-7-8-9-10-11-12-13-14-18-27(34)19-16-15-17-23(2)20-24(3)21-25(4)29(36)26(5)33(41)42-22-28(35)30(37)31(38)32(39)40/h21,23-24,26-28,30-31,34-35,37-38H,6-20,22H2,1-5H3,(H,39,40). The molecule has 0 saturated carbocycles. The number of carbonyl (C=O) groups is 3. The lowest BCUT2D eigenvalue weighted by Gasteiger charge is -2.21. The molecule has 0 aromatic carbocycles. The normalized spacial score (nSPS) is 17.1. The number of unbranched alkanes of at least 4 members (excludes halogenated alkanes) is 9. The Bertz CT molecular complexity index is 781. The number of allylic oxidation sites excluding steroid dienone is 2. The number of carboxylic acids is 1. The minimum absolute atomic E-state index is 0.124. The van der Waals surface area contributed by atoms with E-state index in [1.807, 2.05) is 13.0 Å². The molecule has 0 aromatic rings. The molecule has 9 heteroatoms. The number of rotatable bonds is 26. The van der Waals surface area contributed by atoms with Crippen LogP contribution in [-0.2, 0) is 19.1 Å².